The topological polar surface area (TPSA) is 84.3 Å². The van der Waals surface area contributed by atoms with Crippen molar-refractivity contribution in [1.29, 1.82) is 0 Å². The molecule has 14 heavy (non-hydrogen) atoms. The lowest BCUT2D eigenvalue weighted by Gasteiger charge is -2.31. The van der Waals surface area contributed by atoms with Gasteiger partial charge in [-0.15, -0.1) is 0 Å². The van der Waals surface area contributed by atoms with Gasteiger partial charge in [-0.25, -0.2) is 0 Å². The Morgan fingerprint density at radius 2 is 2.36 bits per heavy atom. The molecule has 1 aliphatic heterocycles. The molecule has 3 unspecified atom stereocenters. The van der Waals surface area contributed by atoms with Crippen molar-refractivity contribution in [2.75, 3.05) is 7.11 Å². The van der Waals surface area contributed by atoms with E-state index in [0.29, 0.717) is 12.8 Å². The fourth-order valence-corrected chi connectivity index (χ4v) is 1.58. The van der Waals surface area contributed by atoms with Crippen LogP contribution in [0.3, 0.4) is 0 Å². The van der Waals surface area contributed by atoms with Crippen LogP contribution in [0.25, 0.3) is 10.4 Å². The lowest BCUT2D eigenvalue weighted by molar-refractivity contribution is -0.189. The molecule has 6 heteroatoms. The Balaban J connectivity index is 2.61. The summed E-state index contributed by atoms with van der Waals surface area (Å²) in [6.07, 6.45) is 0.620. The van der Waals surface area contributed by atoms with Gasteiger partial charge in [0.05, 0.1) is 6.10 Å². The minimum absolute atomic E-state index is 0.0449. The molecule has 0 spiro atoms. The van der Waals surface area contributed by atoms with Crippen molar-refractivity contribution in [3.8, 4) is 0 Å². The Morgan fingerprint density at radius 1 is 1.64 bits per heavy atom. The van der Waals surface area contributed by atoms with Crippen molar-refractivity contribution in [2.24, 2.45) is 11.0 Å². The van der Waals surface area contributed by atoms with E-state index in [1.807, 2.05) is 6.92 Å². The van der Waals surface area contributed by atoms with Crippen LogP contribution < -0.4 is 0 Å². The third-order valence-corrected chi connectivity index (χ3v) is 2.23. The summed E-state index contributed by atoms with van der Waals surface area (Å²) in [6, 6.07) is 0. The maximum absolute atomic E-state index is 11.3. The van der Waals surface area contributed by atoms with Crippen molar-refractivity contribution >= 4 is 5.91 Å². The van der Waals surface area contributed by atoms with Gasteiger partial charge in [0, 0.05) is 24.4 Å². The van der Waals surface area contributed by atoms with Crippen LogP contribution in [0.1, 0.15) is 19.8 Å². The van der Waals surface area contributed by atoms with Gasteiger partial charge >= 0.3 is 0 Å². The molecule has 1 heterocycles. The minimum atomic E-state index is -0.426. The molecule has 1 saturated heterocycles. The second-order valence-corrected chi connectivity index (χ2v) is 3.31. The van der Waals surface area contributed by atoms with E-state index in [2.05, 4.69) is 10.0 Å². The molecule has 6 nitrogen and oxygen atoms in total. The average Bonchev–Trinajstić information content (AvgIpc) is 2.17. The van der Waals surface area contributed by atoms with Gasteiger partial charge in [-0.3, -0.25) is 4.79 Å². The summed E-state index contributed by atoms with van der Waals surface area (Å²) in [6.45, 7) is 1.86. The van der Waals surface area contributed by atoms with Gasteiger partial charge in [0.1, 0.15) is 0 Å². The van der Waals surface area contributed by atoms with Crippen LogP contribution in [0, 0.1) is 5.92 Å². The lowest BCUT2D eigenvalue weighted by atomic mass is 9.95. The molecule has 0 aliphatic carbocycles. The normalized spacial score (nSPS) is 32.0. The van der Waals surface area contributed by atoms with E-state index in [9.17, 15) is 4.79 Å². The average molecular weight is 199 g/mol. The summed E-state index contributed by atoms with van der Waals surface area (Å²) in [4.78, 5) is 13.8. The number of hydrogen-bond acceptors (Lipinski definition) is 3. The van der Waals surface area contributed by atoms with Crippen LogP contribution in [0.5, 0.6) is 0 Å². The number of rotatable bonds is 2. The minimum Gasteiger partial charge on any atom is -0.356 e. The summed E-state index contributed by atoms with van der Waals surface area (Å²) in [5.74, 6) is -0.704. The van der Waals surface area contributed by atoms with Gasteiger partial charge in [0.25, 0.3) is 0 Å². The van der Waals surface area contributed by atoms with E-state index in [1.165, 1.54) is 7.11 Å². The molecule has 1 aliphatic rings. The summed E-state index contributed by atoms with van der Waals surface area (Å²) in [5, 5.41) is 3.08. The fourth-order valence-electron chi connectivity index (χ4n) is 1.58. The Hall–Kier alpha value is -1.10. The standard InChI is InChI=1S/C8H13N3O3/c1-5-3-6(8(12)10-11-9)4-7(13-2)14-5/h5-7H,3-4H2,1-2H3. The van der Waals surface area contributed by atoms with Crippen LogP contribution in [-0.2, 0) is 14.3 Å². The first kappa shape index (κ1) is 11.0. The van der Waals surface area contributed by atoms with E-state index in [-0.39, 0.29) is 18.3 Å². The summed E-state index contributed by atoms with van der Waals surface area (Å²) < 4.78 is 10.4. The van der Waals surface area contributed by atoms with E-state index in [0.717, 1.165) is 0 Å². The number of nitrogens with zero attached hydrogens (tertiary/aromatic N) is 3. The predicted molar refractivity (Wildman–Crippen MR) is 48.2 cm³/mol. The third-order valence-electron chi connectivity index (χ3n) is 2.23. The van der Waals surface area contributed by atoms with Crippen molar-refractivity contribution in [2.45, 2.75) is 32.2 Å². The Kier molecular flexibility index (Phi) is 3.88. The van der Waals surface area contributed by atoms with E-state index in [4.69, 9.17) is 15.0 Å². The smallest absolute Gasteiger partial charge is 0.222 e. The zero-order valence-electron chi connectivity index (χ0n) is 8.21. The summed E-state index contributed by atoms with van der Waals surface area (Å²) >= 11 is 0. The first-order chi connectivity index (χ1) is 6.67. The maximum atomic E-state index is 11.3. The molecule has 0 aromatic carbocycles. The van der Waals surface area contributed by atoms with Gasteiger partial charge in [-0.2, -0.15) is 0 Å². The zero-order valence-corrected chi connectivity index (χ0v) is 8.21. The molecule has 1 fully saturated rings. The molecule has 1 rings (SSSR count). The molecular formula is C8H13N3O3. The Bertz CT molecular complexity index is 263. The molecule has 1 amide bonds. The fraction of sp³-hybridized carbons (Fsp3) is 0.875. The number of carbonyl (C=O) groups excluding carboxylic acids is 1. The maximum Gasteiger partial charge on any atom is 0.222 e. The Labute approximate surface area is 81.8 Å². The summed E-state index contributed by atoms with van der Waals surface area (Å²) in [5.41, 5.74) is 8.13. The van der Waals surface area contributed by atoms with Crippen LogP contribution in [-0.4, -0.2) is 25.4 Å². The first-order valence-corrected chi connectivity index (χ1v) is 4.44. The van der Waals surface area contributed by atoms with Crippen LogP contribution >= 0.6 is 0 Å². The number of hydrogen-bond donors (Lipinski definition) is 0. The van der Waals surface area contributed by atoms with Crippen molar-refractivity contribution in [3.63, 3.8) is 0 Å². The predicted octanol–water partition coefficient (Wildman–Crippen LogP) is 1.61. The van der Waals surface area contributed by atoms with Gasteiger partial charge in [-0.1, -0.05) is 0 Å². The van der Waals surface area contributed by atoms with Gasteiger partial charge in [-0.05, 0) is 24.0 Å². The van der Waals surface area contributed by atoms with Gasteiger partial charge in [0.2, 0.25) is 5.91 Å². The molecule has 3 atom stereocenters. The second kappa shape index (κ2) is 4.95. The SMILES string of the molecule is COC1CC(C(=O)N=[N+]=[N-])CC(C)O1. The molecule has 78 valence electrons. The van der Waals surface area contributed by atoms with E-state index < -0.39 is 5.91 Å². The third kappa shape index (κ3) is 2.70. The number of azide groups is 1. The highest BCUT2D eigenvalue weighted by Gasteiger charge is 2.30. The zero-order chi connectivity index (χ0) is 10.6. The summed E-state index contributed by atoms with van der Waals surface area (Å²) in [7, 11) is 1.53. The molecule has 0 aromatic rings. The monoisotopic (exact) mass is 199 g/mol. The van der Waals surface area contributed by atoms with E-state index in [1.54, 1.807) is 0 Å². The van der Waals surface area contributed by atoms with Gasteiger partial charge in [0.15, 0.2) is 6.29 Å². The van der Waals surface area contributed by atoms with Crippen LogP contribution in [0.15, 0.2) is 5.11 Å². The quantitative estimate of drug-likeness (QED) is 0.384. The van der Waals surface area contributed by atoms with Gasteiger partial charge < -0.3 is 9.47 Å². The number of carbonyl (C=O) groups is 1. The molecule has 0 radical (unpaired) electrons. The molecular weight excluding hydrogens is 186 g/mol. The van der Waals surface area contributed by atoms with Crippen LogP contribution in [0.4, 0.5) is 0 Å². The highest BCUT2D eigenvalue weighted by atomic mass is 16.7. The highest BCUT2D eigenvalue weighted by Crippen LogP contribution is 2.26. The van der Waals surface area contributed by atoms with Crippen LogP contribution in [0.2, 0.25) is 0 Å². The van der Waals surface area contributed by atoms with Crippen molar-refractivity contribution in [1.82, 2.24) is 0 Å². The van der Waals surface area contributed by atoms with E-state index >= 15 is 0 Å². The second-order valence-electron chi connectivity index (χ2n) is 3.31. The Morgan fingerprint density at radius 3 is 2.93 bits per heavy atom. The number of ether oxygens (including phenoxy) is 2. The molecule has 0 aromatic heterocycles. The molecule has 0 saturated carbocycles. The number of methoxy groups -OCH3 is 1. The first-order valence-electron chi connectivity index (χ1n) is 4.44. The molecule has 0 bridgehead atoms. The highest BCUT2D eigenvalue weighted by molar-refractivity contribution is 5.79. The number of amides is 1. The largest absolute Gasteiger partial charge is 0.356 e. The van der Waals surface area contributed by atoms with Crippen molar-refractivity contribution < 1.29 is 14.3 Å². The van der Waals surface area contributed by atoms with Crippen molar-refractivity contribution in [3.05, 3.63) is 10.4 Å². The molecule has 0 N–H and O–H groups in total. The lowest BCUT2D eigenvalue weighted by Crippen LogP contribution is -2.35.